The largest absolute Gasteiger partial charge is 0.437 e. The fourth-order valence-electron chi connectivity index (χ4n) is 4.02. The average Bonchev–Trinajstić information content (AvgIpc) is 3.37. The molecule has 3 aromatic rings. The third kappa shape index (κ3) is 4.85. The Hall–Kier alpha value is -3.13. The van der Waals surface area contributed by atoms with Crippen LogP contribution in [0.1, 0.15) is 26.7 Å². The van der Waals surface area contributed by atoms with Crippen molar-refractivity contribution < 1.29 is 27.5 Å². The molecule has 2 N–H and O–H groups in total. The van der Waals surface area contributed by atoms with E-state index in [9.17, 15) is 32.7 Å². The van der Waals surface area contributed by atoms with Crippen molar-refractivity contribution in [3.63, 3.8) is 0 Å². The van der Waals surface area contributed by atoms with Gasteiger partial charge in [-0.3, -0.25) is 4.79 Å². The molecule has 35 heavy (non-hydrogen) atoms. The lowest BCUT2D eigenvalue weighted by Gasteiger charge is -2.45. The predicted octanol–water partition coefficient (Wildman–Crippen LogP) is 5.99. The summed E-state index contributed by atoms with van der Waals surface area (Å²) < 4.78 is 57.0. The van der Waals surface area contributed by atoms with E-state index < -0.39 is 35.3 Å². The molecule has 2 heterocycles. The normalized spacial score (nSPS) is 22.4. The molecule has 0 saturated heterocycles. The predicted molar refractivity (Wildman–Crippen MR) is 126 cm³/mol. The number of Topliss-reactive ketones (excluding diaryl/α,β-unsaturated/α-hetero) is 1. The number of aliphatic hydroxyl groups is 1. The maximum Gasteiger partial charge on any atom is 0.437 e. The van der Waals surface area contributed by atoms with E-state index in [-0.39, 0.29) is 26.8 Å². The fraction of sp³-hybridized carbons (Fsp3) is 0.200. The number of ketones is 1. The molecule has 0 aliphatic carbocycles. The van der Waals surface area contributed by atoms with Crippen LogP contribution in [-0.2, 0) is 5.75 Å². The summed E-state index contributed by atoms with van der Waals surface area (Å²) in [6.45, 7) is 0. The third-order valence-corrected chi connectivity index (χ3v) is 7.67. The Morgan fingerprint density at radius 3 is 2.37 bits per heavy atom. The number of nitriles is 1. The van der Waals surface area contributed by atoms with Crippen molar-refractivity contribution in [2.75, 3.05) is 0 Å². The van der Waals surface area contributed by atoms with Gasteiger partial charge in [-0.2, -0.15) is 18.4 Å². The van der Waals surface area contributed by atoms with E-state index in [4.69, 9.17) is 0 Å². The molecule has 2 aromatic carbocycles. The highest BCUT2D eigenvalue weighted by atomic mass is 32.2. The second-order valence-corrected chi connectivity index (χ2v) is 9.80. The number of allylic oxidation sites excluding steroid dienone is 1. The maximum atomic E-state index is 14.5. The molecule has 0 radical (unpaired) electrons. The van der Waals surface area contributed by atoms with Crippen LogP contribution in [0.3, 0.4) is 0 Å². The van der Waals surface area contributed by atoms with Gasteiger partial charge in [0.05, 0.1) is 27.5 Å². The monoisotopic (exact) mass is 518 g/mol. The van der Waals surface area contributed by atoms with Crippen molar-refractivity contribution in [2.24, 2.45) is 5.92 Å². The minimum atomic E-state index is -5.28. The SMILES string of the molecule is N#CC1=C(SCc2ccccc2)NC(O)(C(F)(F)F)C(C(=O)c2cccs2)C1c1ccc(F)cc1. The number of thiophene rings is 1. The number of benzene rings is 2. The Labute approximate surface area is 206 Å². The molecule has 1 aliphatic heterocycles. The highest BCUT2D eigenvalue weighted by Crippen LogP contribution is 2.51. The number of carbonyl (C=O) groups excluding carboxylic acids is 1. The number of nitrogens with zero attached hydrogens (tertiary/aromatic N) is 1. The molecular weight excluding hydrogens is 500 g/mol. The quantitative estimate of drug-likeness (QED) is 0.310. The van der Waals surface area contributed by atoms with Gasteiger partial charge in [-0.05, 0) is 34.7 Å². The van der Waals surface area contributed by atoms with Gasteiger partial charge in [-0.1, -0.05) is 48.5 Å². The minimum Gasteiger partial charge on any atom is -0.363 e. The lowest BCUT2D eigenvalue weighted by Crippen LogP contribution is -2.66. The second kappa shape index (κ2) is 9.85. The first-order valence-electron chi connectivity index (χ1n) is 10.4. The summed E-state index contributed by atoms with van der Waals surface area (Å²) in [4.78, 5) is 13.4. The number of hydrogen-bond donors (Lipinski definition) is 2. The van der Waals surface area contributed by atoms with E-state index in [1.54, 1.807) is 30.3 Å². The van der Waals surface area contributed by atoms with Gasteiger partial charge in [-0.15, -0.1) is 23.1 Å². The number of hydrogen-bond acceptors (Lipinski definition) is 6. The van der Waals surface area contributed by atoms with Gasteiger partial charge in [0.1, 0.15) is 5.82 Å². The van der Waals surface area contributed by atoms with E-state index in [1.807, 2.05) is 6.07 Å². The zero-order chi connectivity index (χ0) is 25.2. The van der Waals surface area contributed by atoms with Crippen LogP contribution in [0.2, 0.25) is 0 Å². The van der Waals surface area contributed by atoms with Crippen molar-refractivity contribution in [3.8, 4) is 6.07 Å². The summed E-state index contributed by atoms with van der Waals surface area (Å²) >= 11 is 1.85. The molecular formula is C25H18F4N2O2S2. The topological polar surface area (TPSA) is 73.1 Å². The zero-order valence-corrected chi connectivity index (χ0v) is 19.6. The molecule has 180 valence electrons. The van der Waals surface area contributed by atoms with Crippen LogP contribution in [0.15, 0.2) is 82.7 Å². The molecule has 3 unspecified atom stereocenters. The van der Waals surface area contributed by atoms with Gasteiger partial charge in [0.15, 0.2) is 5.78 Å². The Morgan fingerprint density at radius 2 is 1.80 bits per heavy atom. The van der Waals surface area contributed by atoms with Crippen LogP contribution in [0, 0.1) is 23.1 Å². The second-order valence-electron chi connectivity index (χ2n) is 7.87. The standard InChI is InChI=1S/C25H18F4N2O2S2/c26-17-10-8-16(9-11-17)20-18(13-30)23(35-14-15-5-2-1-3-6-15)31-24(33,25(27,28)29)21(20)22(32)19-7-4-12-34-19/h1-12,20-21,31,33H,14H2. The highest BCUT2D eigenvalue weighted by molar-refractivity contribution is 8.02. The van der Waals surface area contributed by atoms with Crippen molar-refractivity contribution in [1.82, 2.24) is 5.32 Å². The summed E-state index contributed by atoms with van der Waals surface area (Å²) in [5.74, 6) is -4.98. The lowest BCUT2D eigenvalue weighted by atomic mass is 9.70. The van der Waals surface area contributed by atoms with E-state index in [1.165, 1.54) is 29.6 Å². The lowest BCUT2D eigenvalue weighted by molar-refractivity contribution is -0.285. The molecule has 10 heteroatoms. The van der Waals surface area contributed by atoms with Crippen molar-refractivity contribution in [1.29, 1.82) is 5.26 Å². The van der Waals surface area contributed by atoms with E-state index >= 15 is 0 Å². The maximum absolute atomic E-state index is 14.5. The van der Waals surface area contributed by atoms with Gasteiger partial charge >= 0.3 is 6.18 Å². The van der Waals surface area contributed by atoms with Gasteiger partial charge in [0.25, 0.3) is 0 Å². The third-order valence-electron chi connectivity index (χ3n) is 5.70. The van der Waals surface area contributed by atoms with Gasteiger partial charge < -0.3 is 10.4 Å². The molecule has 4 nitrogen and oxygen atoms in total. The Morgan fingerprint density at radius 1 is 1.11 bits per heavy atom. The smallest absolute Gasteiger partial charge is 0.363 e. The average molecular weight is 519 g/mol. The van der Waals surface area contributed by atoms with Crippen molar-refractivity contribution in [3.05, 3.63) is 105 Å². The number of rotatable bonds is 6. The van der Waals surface area contributed by atoms with Crippen LogP contribution in [0.4, 0.5) is 17.6 Å². The Bertz CT molecular complexity index is 1270. The number of carbonyl (C=O) groups is 1. The van der Waals surface area contributed by atoms with Gasteiger partial charge in [0.2, 0.25) is 5.72 Å². The molecule has 4 rings (SSSR count). The van der Waals surface area contributed by atoms with Crippen molar-refractivity contribution in [2.45, 2.75) is 23.6 Å². The number of halogens is 4. The molecule has 0 bridgehead atoms. The molecule has 3 atom stereocenters. The van der Waals surface area contributed by atoms with Gasteiger partial charge in [-0.25, -0.2) is 4.39 Å². The molecule has 0 spiro atoms. The first kappa shape index (κ1) is 25.0. The molecule has 1 aliphatic rings. The molecule has 0 saturated carbocycles. The number of alkyl halides is 3. The summed E-state index contributed by atoms with van der Waals surface area (Å²) in [6.07, 6.45) is -5.28. The number of thioether (sulfide) groups is 1. The zero-order valence-electron chi connectivity index (χ0n) is 17.9. The minimum absolute atomic E-state index is 0.00395. The van der Waals surface area contributed by atoms with Crippen LogP contribution >= 0.6 is 23.1 Å². The highest BCUT2D eigenvalue weighted by Gasteiger charge is 2.66. The van der Waals surface area contributed by atoms with E-state index in [2.05, 4.69) is 5.32 Å². The summed E-state index contributed by atoms with van der Waals surface area (Å²) in [5, 5.41) is 24.6. The van der Waals surface area contributed by atoms with Crippen LogP contribution in [0.25, 0.3) is 0 Å². The summed E-state index contributed by atoms with van der Waals surface area (Å²) in [6, 6.07) is 18.3. The summed E-state index contributed by atoms with van der Waals surface area (Å²) in [5.41, 5.74) is -2.91. The molecule has 0 amide bonds. The van der Waals surface area contributed by atoms with Crippen LogP contribution in [-0.4, -0.2) is 22.8 Å². The van der Waals surface area contributed by atoms with Crippen LogP contribution in [0.5, 0.6) is 0 Å². The molecule has 1 aromatic heterocycles. The molecule has 0 fully saturated rings. The van der Waals surface area contributed by atoms with Crippen LogP contribution < -0.4 is 5.32 Å². The Balaban J connectivity index is 1.90. The first-order chi connectivity index (χ1) is 16.7. The first-order valence-corrected chi connectivity index (χ1v) is 12.2. The van der Waals surface area contributed by atoms with E-state index in [0.717, 1.165) is 40.8 Å². The Kier molecular flexibility index (Phi) is 7.03. The number of nitrogens with one attached hydrogen (secondary N) is 1. The fourth-order valence-corrected chi connectivity index (χ4v) is 5.78. The summed E-state index contributed by atoms with van der Waals surface area (Å²) in [7, 11) is 0. The van der Waals surface area contributed by atoms with Gasteiger partial charge in [0, 0.05) is 11.7 Å². The van der Waals surface area contributed by atoms with Crippen molar-refractivity contribution >= 4 is 28.9 Å². The van der Waals surface area contributed by atoms with E-state index in [0.29, 0.717) is 0 Å².